The number of hydrogen-bond donors (Lipinski definition) is 2. The van der Waals surface area contributed by atoms with Crippen LogP contribution >= 0.6 is 0 Å². The van der Waals surface area contributed by atoms with Crippen LogP contribution in [0.1, 0.15) is 23.2 Å². The molecular formula is C18H16F2N2O3. The summed E-state index contributed by atoms with van der Waals surface area (Å²) in [7, 11) is 0. The first-order chi connectivity index (χ1) is 11.8. The van der Waals surface area contributed by atoms with Gasteiger partial charge in [0.15, 0.2) is 0 Å². The molecule has 0 unspecified atom stereocenters. The smallest absolute Gasteiger partial charge is 0.311 e. The van der Waals surface area contributed by atoms with Gasteiger partial charge in [-0.1, -0.05) is 30.3 Å². The molecule has 0 atom stereocenters. The lowest BCUT2D eigenvalue weighted by Gasteiger charge is -2.43. The number of carbonyl (C=O) groups excluding carboxylic acids is 1. The van der Waals surface area contributed by atoms with Gasteiger partial charge in [-0.05, 0) is 12.1 Å². The zero-order valence-electron chi connectivity index (χ0n) is 13.2. The van der Waals surface area contributed by atoms with Crippen LogP contribution < -0.4 is 5.32 Å². The van der Waals surface area contributed by atoms with Crippen molar-refractivity contribution in [3.05, 3.63) is 54.2 Å². The van der Waals surface area contributed by atoms with Crippen LogP contribution in [0.5, 0.6) is 0 Å². The number of nitrogens with zero attached hydrogens (tertiary/aromatic N) is 1. The highest BCUT2D eigenvalue weighted by Crippen LogP contribution is 2.51. The third-order valence-electron chi connectivity index (χ3n) is 4.33. The van der Waals surface area contributed by atoms with Gasteiger partial charge in [0, 0.05) is 36.7 Å². The molecule has 0 saturated heterocycles. The second-order valence-electron chi connectivity index (χ2n) is 6.27. The predicted molar refractivity (Wildman–Crippen MR) is 86.3 cm³/mol. The Hall–Kier alpha value is -2.83. The van der Waals surface area contributed by atoms with Gasteiger partial charge in [0.2, 0.25) is 0 Å². The monoisotopic (exact) mass is 346 g/mol. The Morgan fingerprint density at radius 1 is 1.16 bits per heavy atom. The second-order valence-corrected chi connectivity index (χ2v) is 6.27. The van der Waals surface area contributed by atoms with Crippen molar-refractivity contribution < 1.29 is 23.5 Å². The van der Waals surface area contributed by atoms with E-state index < -0.39 is 36.1 Å². The molecule has 1 aliphatic carbocycles. The lowest BCUT2D eigenvalue weighted by molar-refractivity contribution is -0.192. The average molecular weight is 346 g/mol. The van der Waals surface area contributed by atoms with Crippen molar-refractivity contribution in [2.75, 3.05) is 6.54 Å². The molecule has 25 heavy (non-hydrogen) atoms. The summed E-state index contributed by atoms with van der Waals surface area (Å²) in [5.41, 5.74) is 0.115. The van der Waals surface area contributed by atoms with E-state index in [1.54, 1.807) is 6.07 Å². The number of alkyl halides is 2. The van der Waals surface area contributed by atoms with E-state index in [4.69, 9.17) is 0 Å². The summed E-state index contributed by atoms with van der Waals surface area (Å²) >= 11 is 0. The van der Waals surface area contributed by atoms with Crippen LogP contribution in [0.2, 0.25) is 0 Å². The van der Waals surface area contributed by atoms with E-state index in [1.165, 1.54) is 12.3 Å². The number of carbonyl (C=O) groups is 2. The highest BCUT2D eigenvalue weighted by Gasteiger charge is 2.61. The van der Waals surface area contributed by atoms with E-state index in [1.807, 2.05) is 30.3 Å². The molecule has 0 aliphatic heterocycles. The lowest BCUT2D eigenvalue weighted by atomic mass is 9.66. The van der Waals surface area contributed by atoms with Crippen LogP contribution in [0.4, 0.5) is 8.78 Å². The van der Waals surface area contributed by atoms with Gasteiger partial charge in [0.1, 0.15) is 0 Å². The van der Waals surface area contributed by atoms with Crippen molar-refractivity contribution in [2.24, 2.45) is 5.41 Å². The standard InChI is InChI=1S/C18H16F2N2O3/c19-18(20)9-17(10-18,16(24)25)11-22-15(23)13-6-7-21-14(8-13)12-4-2-1-3-5-12/h1-8H,9-11H2,(H,22,23)(H,24,25). The minimum Gasteiger partial charge on any atom is -0.481 e. The molecule has 1 aromatic carbocycles. The van der Waals surface area contributed by atoms with Gasteiger partial charge in [-0.3, -0.25) is 14.6 Å². The van der Waals surface area contributed by atoms with Crippen molar-refractivity contribution in [1.82, 2.24) is 10.3 Å². The Morgan fingerprint density at radius 3 is 2.44 bits per heavy atom. The summed E-state index contributed by atoms with van der Waals surface area (Å²) in [6.07, 6.45) is -0.0514. The number of hydrogen-bond acceptors (Lipinski definition) is 3. The van der Waals surface area contributed by atoms with Crippen LogP contribution in [0.3, 0.4) is 0 Å². The van der Waals surface area contributed by atoms with Gasteiger partial charge in [-0.15, -0.1) is 0 Å². The predicted octanol–water partition coefficient (Wildman–Crippen LogP) is 2.98. The highest BCUT2D eigenvalue weighted by atomic mass is 19.3. The fourth-order valence-electron chi connectivity index (χ4n) is 2.98. The van der Waals surface area contributed by atoms with Crippen molar-refractivity contribution in [3.8, 4) is 11.3 Å². The maximum absolute atomic E-state index is 13.1. The topological polar surface area (TPSA) is 79.3 Å². The van der Waals surface area contributed by atoms with Gasteiger partial charge in [-0.25, -0.2) is 8.78 Å². The highest BCUT2D eigenvalue weighted by molar-refractivity contribution is 5.95. The molecule has 1 aromatic heterocycles. The van der Waals surface area contributed by atoms with Gasteiger partial charge in [-0.2, -0.15) is 0 Å². The zero-order valence-corrected chi connectivity index (χ0v) is 13.2. The Kier molecular flexibility index (Phi) is 4.24. The van der Waals surface area contributed by atoms with E-state index in [0.717, 1.165) is 5.56 Å². The minimum atomic E-state index is -2.99. The van der Waals surface area contributed by atoms with Crippen LogP contribution in [0, 0.1) is 5.41 Å². The first-order valence-electron chi connectivity index (χ1n) is 7.72. The van der Waals surface area contributed by atoms with Crippen LogP contribution in [0.25, 0.3) is 11.3 Å². The molecule has 1 saturated carbocycles. The third-order valence-corrected chi connectivity index (χ3v) is 4.33. The first-order valence-corrected chi connectivity index (χ1v) is 7.72. The number of rotatable bonds is 5. The maximum atomic E-state index is 13.1. The van der Waals surface area contributed by atoms with Crippen LogP contribution in [0.15, 0.2) is 48.7 Å². The zero-order chi connectivity index (χ0) is 18.1. The number of aromatic nitrogens is 1. The summed E-state index contributed by atoms with van der Waals surface area (Å²) in [6.45, 7) is -0.334. The Morgan fingerprint density at radius 2 is 1.84 bits per heavy atom. The summed E-state index contributed by atoms with van der Waals surface area (Å²) in [5, 5.41) is 11.7. The summed E-state index contributed by atoms with van der Waals surface area (Å²) in [5.74, 6) is -4.82. The Balaban J connectivity index is 1.71. The van der Waals surface area contributed by atoms with E-state index in [0.29, 0.717) is 11.3 Å². The number of carboxylic acids is 1. The molecule has 1 fully saturated rings. The van der Waals surface area contributed by atoms with Crippen molar-refractivity contribution in [3.63, 3.8) is 0 Å². The number of carboxylic acid groups (broad SMARTS) is 1. The molecule has 0 bridgehead atoms. The van der Waals surface area contributed by atoms with Crippen molar-refractivity contribution in [1.29, 1.82) is 0 Å². The van der Waals surface area contributed by atoms with Gasteiger partial charge in [0.25, 0.3) is 11.8 Å². The van der Waals surface area contributed by atoms with Gasteiger partial charge >= 0.3 is 5.97 Å². The number of halogens is 2. The van der Waals surface area contributed by atoms with Crippen molar-refractivity contribution in [2.45, 2.75) is 18.8 Å². The van der Waals surface area contributed by atoms with Crippen molar-refractivity contribution >= 4 is 11.9 Å². The van der Waals surface area contributed by atoms with Gasteiger partial charge < -0.3 is 10.4 Å². The SMILES string of the molecule is O=C(NCC1(C(=O)O)CC(F)(F)C1)c1ccnc(-c2ccccc2)c1. The molecule has 2 N–H and O–H groups in total. The molecule has 7 heteroatoms. The molecule has 130 valence electrons. The van der Waals surface area contributed by atoms with Crippen LogP contribution in [-0.4, -0.2) is 34.4 Å². The summed E-state index contributed by atoms with van der Waals surface area (Å²) in [6, 6.07) is 12.3. The molecule has 1 aliphatic rings. The maximum Gasteiger partial charge on any atom is 0.311 e. The quantitative estimate of drug-likeness (QED) is 0.872. The van der Waals surface area contributed by atoms with Gasteiger partial charge in [0.05, 0.1) is 11.1 Å². The van der Waals surface area contributed by atoms with E-state index >= 15 is 0 Å². The molecule has 1 amide bonds. The fraction of sp³-hybridized carbons (Fsp3) is 0.278. The molecule has 0 radical (unpaired) electrons. The van der Waals surface area contributed by atoms with E-state index in [9.17, 15) is 23.5 Å². The molecule has 1 heterocycles. The molecular weight excluding hydrogens is 330 g/mol. The number of aliphatic carboxylic acids is 1. The number of amides is 1. The lowest BCUT2D eigenvalue weighted by Crippen LogP contribution is -2.56. The van der Waals surface area contributed by atoms with Crippen LogP contribution in [-0.2, 0) is 4.79 Å². The largest absolute Gasteiger partial charge is 0.481 e. The van der Waals surface area contributed by atoms with E-state index in [2.05, 4.69) is 10.3 Å². The minimum absolute atomic E-state index is 0.292. The normalized spacial score (nSPS) is 17.4. The molecule has 0 spiro atoms. The molecule has 5 nitrogen and oxygen atoms in total. The average Bonchev–Trinajstić information content (AvgIpc) is 2.58. The molecule has 3 rings (SSSR count). The summed E-state index contributed by atoms with van der Waals surface area (Å²) < 4.78 is 26.2. The third kappa shape index (κ3) is 3.50. The number of pyridine rings is 1. The summed E-state index contributed by atoms with van der Waals surface area (Å²) in [4.78, 5) is 27.8. The Bertz CT molecular complexity index is 801. The molecule has 2 aromatic rings. The number of benzene rings is 1. The first kappa shape index (κ1) is 17.0. The van der Waals surface area contributed by atoms with E-state index in [-0.39, 0.29) is 6.54 Å². The Labute approximate surface area is 142 Å². The fourth-order valence-corrected chi connectivity index (χ4v) is 2.98. The number of nitrogens with one attached hydrogen (secondary N) is 1. The second kappa shape index (κ2) is 6.23.